The Kier molecular flexibility index (Phi) is 8.82. The summed E-state index contributed by atoms with van der Waals surface area (Å²) in [4.78, 5) is 29.3. The van der Waals surface area contributed by atoms with Crippen LogP contribution < -0.4 is 10.5 Å². The first-order chi connectivity index (χ1) is 15.5. The van der Waals surface area contributed by atoms with E-state index in [1.54, 1.807) is 12.2 Å². The predicted molar refractivity (Wildman–Crippen MR) is 138 cm³/mol. The largest absolute Gasteiger partial charge is 0.344 e. The number of nitrogens with two attached hydrogens (primary N) is 1. The lowest BCUT2D eigenvalue weighted by Crippen LogP contribution is -2.57. The molecule has 0 radical (unpaired) electrons. The fourth-order valence-corrected chi connectivity index (χ4v) is 5.96. The molecule has 3 aliphatic rings. The quantitative estimate of drug-likeness (QED) is 0.463. The van der Waals surface area contributed by atoms with Crippen molar-refractivity contribution in [2.45, 2.75) is 59.4 Å². The number of likely N-dealkylation sites (tertiary alicyclic amines) is 1. The van der Waals surface area contributed by atoms with Gasteiger partial charge in [0.1, 0.15) is 6.04 Å². The van der Waals surface area contributed by atoms with Gasteiger partial charge in [0.25, 0.3) is 0 Å². The smallest absolute Gasteiger partial charge is 0.245 e. The highest BCUT2D eigenvalue weighted by atomic mass is 35.5. The lowest BCUT2D eigenvalue weighted by atomic mass is 9.68. The van der Waals surface area contributed by atoms with Crippen LogP contribution in [0.3, 0.4) is 0 Å². The van der Waals surface area contributed by atoms with E-state index in [0.29, 0.717) is 30.5 Å². The maximum atomic E-state index is 13.5. The van der Waals surface area contributed by atoms with Gasteiger partial charge >= 0.3 is 0 Å². The number of hydrogen-bond donors (Lipinski definition) is 2. The van der Waals surface area contributed by atoms with E-state index in [2.05, 4.69) is 25.2 Å². The van der Waals surface area contributed by atoms with Gasteiger partial charge < -0.3 is 10.2 Å². The van der Waals surface area contributed by atoms with Gasteiger partial charge in [0.2, 0.25) is 11.8 Å². The molecule has 33 heavy (non-hydrogen) atoms. The molecule has 8 heteroatoms. The molecule has 0 aromatic heterocycles. The minimum atomic E-state index is -0.566. The lowest BCUT2D eigenvalue weighted by molar-refractivity contribution is -0.141. The zero-order valence-corrected chi connectivity index (χ0v) is 22.2. The van der Waals surface area contributed by atoms with Crippen LogP contribution in [0.5, 0.6) is 0 Å². The first-order valence-electron chi connectivity index (χ1n) is 11.6. The van der Waals surface area contributed by atoms with Crippen molar-refractivity contribution in [1.29, 1.82) is 0 Å². The Balaban J connectivity index is 1.67. The Labute approximate surface area is 212 Å². The molecule has 1 saturated heterocycles. The molecule has 3 atom stereocenters. The number of piperidine rings is 1. The van der Waals surface area contributed by atoms with E-state index < -0.39 is 6.04 Å². The van der Waals surface area contributed by atoms with Crippen LogP contribution in [-0.4, -0.2) is 35.8 Å². The minimum Gasteiger partial charge on any atom is -0.344 e. The van der Waals surface area contributed by atoms with Crippen molar-refractivity contribution in [3.8, 4) is 0 Å². The van der Waals surface area contributed by atoms with Crippen LogP contribution in [0, 0.1) is 23.2 Å². The fraction of sp³-hybridized carbons (Fsp3) is 0.600. The highest BCUT2D eigenvalue weighted by molar-refractivity contribution is 8.01. The molecule has 0 aromatic rings. The number of rotatable bonds is 6. The normalized spacial score (nSPS) is 26.1. The summed E-state index contributed by atoms with van der Waals surface area (Å²) in [6.07, 6.45) is 10.9. The molecule has 1 unspecified atom stereocenters. The summed E-state index contributed by atoms with van der Waals surface area (Å²) in [7, 11) is 0. The van der Waals surface area contributed by atoms with Gasteiger partial charge in [0, 0.05) is 23.0 Å². The van der Waals surface area contributed by atoms with Crippen molar-refractivity contribution in [2.75, 3.05) is 13.1 Å². The van der Waals surface area contributed by atoms with Gasteiger partial charge in [-0.2, -0.15) is 0 Å². The number of carbonyl (C=O) groups excluding carboxylic acids is 2. The molecule has 5 nitrogen and oxygen atoms in total. The zero-order chi connectivity index (χ0) is 24.3. The Morgan fingerprint density at radius 1 is 1.24 bits per heavy atom. The van der Waals surface area contributed by atoms with Crippen LogP contribution in [0.4, 0.5) is 0 Å². The van der Waals surface area contributed by atoms with Crippen molar-refractivity contribution in [3.05, 3.63) is 44.8 Å². The van der Waals surface area contributed by atoms with Crippen molar-refractivity contribution in [3.63, 3.8) is 0 Å². The van der Waals surface area contributed by atoms with Crippen molar-refractivity contribution in [2.24, 2.45) is 28.3 Å². The highest BCUT2D eigenvalue weighted by Crippen LogP contribution is 2.43. The van der Waals surface area contributed by atoms with Crippen LogP contribution in [0.1, 0.15) is 53.4 Å². The van der Waals surface area contributed by atoms with Gasteiger partial charge in [-0.15, -0.1) is 0 Å². The first kappa shape index (κ1) is 26.4. The van der Waals surface area contributed by atoms with E-state index in [4.69, 9.17) is 28.3 Å². The number of nitrogens with one attached hydrogen (secondary N) is 1. The molecule has 2 amide bonds. The number of amides is 2. The first-order valence-corrected chi connectivity index (χ1v) is 13.2. The molecule has 1 aliphatic heterocycles. The molecular formula is C25H35Cl2N3O2S. The van der Waals surface area contributed by atoms with E-state index in [0.717, 1.165) is 41.1 Å². The highest BCUT2D eigenvalue weighted by Gasteiger charge is 2.41. The topological polar surface area (TPSA) is 75.4 Å². The van der Waals surface area contributed by atoms with Gasteiger partial charge in [-0.25, -0.2) is 0 Å². The third-order valence-electron chi connectivity index (χ3n) is 6.98. The molecule has 1 fully saturated rings. The van der Waals surface area contributed by atoms with E-state index in [1.165, 1.54) is 5.57 Å². The summed E-state index contributed by atoms with van der Waals surface area (Å²) in [5, 5.41) is 10.2. The average molecular weight is 513 g/mol. The number of allylic oxidation sites excluding steroid dienone is 7. The molecule has 3 N–H and O–H groups in total. The third kappa shape index (κ3) is 6.27. The van der Waals surface area contributed by atoms with Crippen LogP contribution in [0.2, 0.25) is 0 Å². The van der Waals surface area contributed by atoms with Gasteiger partial charge in [0.15, 0.2) is 0 Å². The molecule has 0 aromatic carbocycles. The summed E-state index contributed by atoms with van der Waals surface area (Å²) in [6, 6.07) is -0.566. The van der Waals surface area contributed by atoms with Crippen molar-refractivity contribution < 1.29 is 9.59 Å². The molecule has 2 aliphatic carbocycles. The van der Waals surface area contributed by atoms with Crippen LogP contribution in [0.25, 0.3) is 0 Å². The average Bonchev–Trinajstić information content (AvgIpc) is 2.77. The fourth-order valence-electron chi connectivity index (χ4n) is 5.06. The van der Waals surface area contributed by atoms with Crippen molar-refractivity contribution in [1.82, 2.24) is 10.2 Å². The number of hydrogen-bond acceptors (Lipinski definition) is 4. The van der Waals surface area contributed by atoms with E-state index >= 15 is 0 Å². The second-order valence-corrected chi connectivity index (χ2v) is 11.9. The molecule has 1 heterocycles. The molecule has 3 rings (SSSR count). The maximum Gasteiger partial charge on any atom is 0.245 e. The van der Waals surface area contributed by atoms with E-state index in [1.807, 2.05) is 24.8 Å². The summed E-state index contributed by atoms with van der Waals surface area (Å²) < 4.78 is 0. The van der Waals surface area contributed by atoms with Gasteiger partial charge in [-0.3, -0.25) is 14.7 Å². The predicted octanol–water partition coefficient (Wildman–Crippen LogP) is 5.48. The summed E-state index contributed by atoms with van der Waals surface area (Å²) in [5.41, 5.74) is 1.37. The Bertz CT molecular complexity index is 907. The standard InChI is InChI=1S/C25H35Cl2N3O2S/c1-15(2)22(29-23(31)17-7-10-20(27)21(13-17)33-28)24(32)30-12-11-19(25(3,4)14-30)16-5-8-18(26)9-6-16/h5,7-8,10,15,17,19,22H,6,9,11-14,28H2,1-4H3,(H,29,31)/t17?,19-,22-/m1/s1. The molecule has 0 spiro atoms. The molecule has 0 bridgehead atoms. The second kappa shape index (κ2) is 11.0. The zero-order valence-electron chi connectivity index (χ0n) is 19.9. The molecular weight excluding hydrogens is 477 g/mol. The van der Waals surface area contributed by atoms with E-state index in [-0.39, 0.29) is 29.1 Å². The Morgan fingerprint density at radius 2 is 1.97 bits per heavy atom. The van der Waals surface area contributed by atoms with Crippen LogP contribution >= 0.6 is 35.1 Å². The maximum absolute atomic E-state index is 13.5. The van der Waals surface area contributed by atoms with Crippen LogP contribution in [-0.2, 0) is 9.59 Å². The Morgan fingerprint density at radius 3 is 2.55 bits per heavy atom. The summed E-state index contributed by atoms with van der Waals surface area (Å²) >= 11 is 13.4. The molecule has 182 valence electrons. The number of halogens is 2. The van der Waals surface area contributed by atoms with Crippen LogP contribution in [0.15, 0.2) is 44.8 Å². The van der Waals surface area contributed by atoms with E-state index in [9.17, 15) is 9.59 Å². The van der Waals surface area contributed by atoms with Gasteiger partial charge in [-0.05, 0) is 55.1 Å². The lowest BCUT2D eigenvalue weighted by Gasteiger charge is -2.47. The Hall–Kier alpha value is -1.21. The minimum absolute atomic E-state index is 0.00720. The number of nitrogens with zero attached hydrogens (tertiary/aromatic N) is 1. The van der Waals surface area contributed by atoms with Gasteiger partial charge in [-0.1, -0.05) is 80.6 Å². The van der Waals surface area contributed by atoms with Gasteiger partial charge in [0.05, 0.1) is 11.0 Å². The SMILES string of the molecule is CC(C)[C@@H](NC(=O)C1C=CC(Cl)=C(SN)C1)C(=O)N1CC[C@H](C2=CC=C(Cl)CC2)C(C)(C)C1. The third-order valence-corrected chi connectivity index (χ3v) is 8.43. The summed E-state index contributed by atoms with van der Waals surface area (Å²) in [6.45, 7) is 9.76. The summed E-state index contributed by atoms with van der Waals surface area (Å²) in [5.74, 6) is -0.157. The number of carbonyl (C=O) groups is 2. The molecule has 0 saturated carbocycles. The monoisotopic (exact) mass is 511 g/mol. The van der Waals surface area contributed by atoms with Crippen molar-refractivity contribution >= 4 is 47.0 Å². The second-order valence-electron chi connectivity index (χ2n) is 10.2.